The SMILES string of the molecule is c1ccc(-c2ccc(-c3nc(-c4ccccc4)nc(-c4ccc5c(c4)oc4ccccc45)n3)cc2)cc1.c1ccc(-c2nc(-c3ccc(-c4ccc5ccccc5c4)cc3)nc(-c3ccc4c(c3)oc3ccccc34)n2)cc1.c1ccc(-c2nc(-c3ccc(-c4cccc5ccccc45)cc3)nc(-c3ccc4c(c3)oc3ccccc34)n2)cc1. The molecule has 23 rings (SSSR count). The zero-order valence-corrected chi connectivity index (χ0v) is 63.9. The molecule has 0 saturated carbocycles. The molecule has 0 bridgehead atoms. The second kappa shape index (κ2) is 30.9. The predicted molar refractivity (Wildman–Crippen MR) is 482 cm³/mol. The molecule has 6 aromatic heterocycles. The molecule has 0 saturated heterocycles. The maximum absolute atomic E-state index is 6.16. The van der Waals surface area contributed by atoms with Crippen LogP contribution in [0.15, 0.2) is 420 Å². The molecule has 17 aromatic carbocycles. The molecule has 0 spiro atoms. The van der Waals surface area contributed by atoms with Gasteiger partial charge in [-0.2, -0.15) is 0 Å². The van der Waals surface area contributed by atoms with Crippen molar-refractivity contribution in [1.29, 1.82) is 0 Å². The van der Waals surface area contributed by atoms with Crippen LogP contribution in [-0.2, 0) is 0 Å². The van der Waals surface area contributed by atoms with Crippen LogP contribution in [0.5, 0.6) is 0 Å². The van der Waals surface area contributed by atoms with Gasteiger partial charge in [0.05, 0.1) is 0 Å². The van der Waals surface area contributed by atoms with Crippen molar-refractivity contribution >= 4 is 87.4 Å². The predicted octanol–water partition coefficient (Wildman–Crippen LogP) is 27.6. The maximum atomic E-state index is 6.16. The van der Waals surface area contributed by atoms with Crippen molar-refractivity contribution in [2.45, 2.75) is 0 Å². The van der Waals surface area contributed by atoms with Crippen LogP contribution in [0.1, 0.15) is 0 Å². The molecule has 12 heteroatoms. The lowest BCUT2D eigenvalue weighted by molar-refractivity contribution is 0.668. The molecule has 6 heterocycles. The quantitative estimate of drug-likeness (QED) is 0.114. The summed E-state index contributed by atoms with van der Waals surface area (Å²) in [6.45, 7) is 0. The van der Waals surface area contributed by atoms with Crippen LogP contribution in [0.2, 0.25) is 0 Å². The number of para-hydroxylation sites is 3. The molecule has 0 aliphatic carbocycles. The molecule has 0 aliphatic heterocycles. The van der Waals surface area contributed by atoms with Crippen molar-refractivity contribution in [2.24, 2.45) is 0 Å². The number of aromatic nitrogens is 9. The number of furan rings is 3. The van der Waals surface area contributed by atoms with E-state index in [1.807, 2.05) is 182 Å². The topological polar surface area (TPSA) is 155 Å². The molecule has 0 unspecified atom stereocenters. The molecule has 23 aromatic rings. The number of hydrogen-bond donors (Lipinski definition) is 0. The molecule has 0 amide bonds. The van der Waals surface area contributed by atoms with Gasteiger partial charge >= 0.3 is 0 Å². The van der Waals surface area contributed by atoms with Crippen LogP contribution in [0.25, 0.3) is 223 Å². The molecule has 0 N–H and O–H groups in total. The Bertz CT molecular complexity index is 7700. The average Bonchev–Trinajstić information content (AvgIpc) is 1.69. The first-order valence-electron chi connectivity index (χ1n) is 39.4. The van der Waals surface area contributed by atoms with E-state index >= 15 is 0 Å². The van der Waals surface area contributed by atoms with Gasteiger partial charge < -0.3 is 13.3 Å². The summed E-state index contributed by atoms with van der Waals surface area (Å²) < 4.78 is 18.4. The van der Waals surface area contributed by atoms with Crippen LogP contribution in [-0.4, -0.2) is 44.9 Å². The van der Waals surface area contributed by atoms with Gasteiger partial charge in [-0.3, -0.25) is 0 Å². The fourth-order valence-corrected chi connectivity index (χ4v) is 15.5. The highest BCUT2D eigenvalue weighted by Gasteiger charge is 2.20. The first kappa shape index (κ1) is 70.5. The van der Waals surface area contributed by atoms with Gasteiger partial charge in [-0.05, 0) is 116 Å². The van der Waals surface area contributed by atoms with Gasteiger partial charge in [0.15, 0.2) is 52.4 Å². The highest BCUT2D eigenvalue weighted by molar-refractivity contribution is 6.08. The molecule has 119 heavy (non-hydrogen) atoms. The van der Waals surface area contributed by atoms with E-state index in [4.69, 9.17) is 58.1 Å². The van der Waals surface area contributed by atoms with E-state index in [0.717, 1.165) is 133 Å². The first-order valence-corrected chi connectivity index (χ1v) is 39.4. The van der Waals surface area contributed by atoms with E-state index in [0.29, 0.717) is 52.4 Å². The summed E-state index contributed by atoms with van der Waals surface area (Å²) in [5, 5.41) is 11.4. The first-order chi connectivity index (χ1) is 58.9. The van der Waals surface area contributed by atoms with E-state index in [1.54, 1.807) is 0 Å². The van der Waals surface area contributed by atoms with Crippen molar-refractivity contribution in [2.75, 3.05) is 0 Å². The highest BCUT2D eigenvalue weighted by Crippen LogP contribution is 2.39. The maximum Gasteiger partial charge on any atom is 0.164 e. The smallest absolute Gasteiger partial charge is 0.164 e. The lowest BCUT2D eigenvalue weighted by Gasteiger charge is -2.10. The number of nitrogens with zero attached hydrogens (tertiary/aromatic N) is 9. The Hall–Kier alpha value is -16.3. The van der Waals surface area contributed by atoms with Gasteiger partial charge in [-0.15, -0.1) is 0 Å². The fraction of sp³-hybridized carbons (Fsp3) is 0. The monoisotopic (exact) mass is 1530 g/mol. The Morgan fingerprint density at radius 1 is 0.126 bits per heavy atom. The average molecular weight is 1530 g/mol. The van der Waals surface area contributed by atoms with Crippen LogP contribution in [0.3, 0.4) is 0 Å². The van der Waals surface area contributed by atoms with Crippen LogP contribution in [0.4, 0.5) is 0 Å². The summed E-state index contributed by atoms with van der Waals surface area (Å²) in [5.41, 5.74) is 20.3. The van der Waals surface area contributed by atoms with E-state index < -0.39 is 0 Å². The molecular formula is C107H67N9O3. The van der Waals surface area contributed by atoms with Crippen molar-refractivity contribution in [1.82, 2.24) is 44.9 Å². The molecule has 0 aliphatic rings. The molecule has 558 valence electrons. The van der Waals surface area contributed by atoms with Gasteiger partial charge in [0.25, 0.3) is 0 Å². The number of benzene rings is 17. The third kappa shape index (κ3) is 14.2. The Labute approximate surface area is 683 Å². The zero-order chi connectivity index (χ0) is 79.0. The standard InChI is InChI=1S/2C37H23N3O.C33H21N3O/c1-2-10-26(11-3-1)35-38-36(27-19-17-25(18-20-27)30-15-8-12-24-9-4-5-13-29(24)30)40-37(39-35)28-21-22-32-31-14-6-7-16-33(31)41-34(32)23-28;1-2-9-26(10-3-1)35-38-36(27-17-14-25(15-18-27)29-19-16-24-8-4-5-11-28(24)22-29)40-37(39-35)30-20-21-32-31-12-6-7-13-33(31)41-34(32)23-30;1-3-9-22(10-4-1)23-15-17-25(18-16-23)32-34-31(24-11-5-2-6-12-24)35-33(36-32)26-19-20-28-27-13-7-8-14-29(27)37-30(28)21-26/h2*1-23H;1-21H. The Morgan fingerprint density at radius 2 is 0.370 bits per heavy atom. The molecule has 12 nitrogen and oxygen atoms in total. The normalized spacial score (nSPS) is 11.4. The molecule has 0 atom stereocenters. The zero-order valence-electron chi connectivity index (χ0n) is 63.9. The summed E-state index contributed by atoms with van der Waals surface area (Å²) in [5.74, 6) is 5.61. The minimum Gasteiger partial charge on any atom is -0.456 e. The molecule has 0 radical (unpaired) electrons. The minimum atomic E-state index is 0.606. The molecular weight excluding hydrogens is 1460 g/mol. The van der Waals surface area contributed by atoms with E-state index in [2.05, 4.69) is 224 Å². The van der Waals surface area contributed by atoms with Crippen LogP contribution >= 0.6 is 0 Å². The second-order valence-electron chi connectivity index (χ2n) is 29.1. The Balaban J connectivity index is 0.000000111. The number of rotatable bonds is 12. The highest BCUT2D eigenvalue weighted by atomic mass is 16.3. The summed E-state index contributed by atoms with van der Waals surface area (Å²) in [6.07, 6.45) is 0. The largest absolute Gasteiger partial charge is 0.456 e. The van der Waals surface area contributed by atoms with Gasteiger partial charge in [0.1, 0.15) is 33.5 Å². The summed E-state index contributed by atoms with van der Waals surface area (Å²) in [4.78, 5) is 44.1. The van der Waals surface area contributed by atoms with Crippen LogP contribution < -0.4 is 0 Å². The van der Waals surface area contributed by atoms with Crippen molar-refractivity contribution in [3.8, 4) is 136 Å². The Kier molecular flexibility index (Phi) is 18.3. The fourth-order valence-electron chi connectivity index (χ4n) is 15.5. The second-order valence-corrected chi connectivity index (χ2v) is 29.1. The van der Waals surface area contributed by atoms with Crippen LogP contribution in [0, 0.1) is 0 Å². The third-order valence-electron chi connectivity index (χ3n) is 21.6. The summed E-state index contributed by atoms with van der Waals surface area (Å²) in [7, 11) is 0. The van der Waals surface area contributed by atoms with E-state index in [9.17, 15) is 0 Å². The van der Waals surface area contributed by atoms with Gasteiger partial charge in [0.2, 0.25) is 0 Å². The number of hydrogen-bond acceptors (Lipinski definition) is 12. The molecule has 0 fully saturated rings. The van der Waals surface area contributed by atoms with Gasteiger partial charge in [-0.25, -0.2) is 44.9 Å². The van der Waals surface area contributed by atoms with E-state index in [-0.39, 0.29) is 0 Å². The number of fused-ring (bicyclic) bond motifs is 11. The lowest BCUT2D eigenvalue weighted by Crippen LogP contribution is -2.00. The van der Waals surface area contributed by atoms with E-state index in [1.165, 1.54) is 38.2 Å². The lowest BCUT2D eigenvalue weighted by atomic mass is 9.97. The minimum absolute atomic E-state index is 0.606. The summed E-state index contributed by atoms with van der Waals surface area (Å²) >= 11 is 0. The third-order valence-corrected chi connectivity index (χ3v) is 21.6. The van der Waals surface area contributed by atoms with Crippen molar-refractivity contribution in [3.63, 3.8) is 0 Å². The Morgan fingerprint density at radius 3 is 0.756 bits per heavy atom. The van der Waals surface area contributed by atoms with Gasteiger partial charge in [-0.1, -0.05) is 346 Å². The van der Waals surface area contributed by atoms with Crippen molar-refractivity contribution in [3.05, 3.63) is 406 Å². The summed E-state index contributed by atoms with van der Waals surface area (Å²) in [6, 6.07) is 138. The van der Waals surface area contributed by atoms with Gasteiger partial charge in [0, 0.05) is 82.4 Å². The van der Waals surface area contributed by atoms with Crippen molar-refractivity contribution < 1.29 is 13.3 Å².